The number of carbonyl (C=O) groups excluding carboxylic acids is 1. The minimum atomic E-state index is -4.29. The van der Waals surface area contributed by atoms with E-state index < -0.39 is 13.9 Å². The molecular weight excluding hydrogens is 758 g/mol. The van der Waals surface area contributed by atoms with Crippen LogP contribution in [0.2, 0.25) is 0 Å². The Kier molecular flexibility index (Phi) is 41.1. The molecule has 0 rings (SSSR count). The van der Waals surface area contributed by atoms with Crippen LogP contribution in [0.25, 0.3) is 0 Å². The van der Waals surface area contributed by atoms with Gasteiger partial charge in [-0.05, 0) is 83.5 Å². The summed E-state index contributed by atoms with van der Waals surface area (Å²) in [5.74, 6) is -0.336. The quantitative estimate of drug-likeness (QED) is 0.0215. The lowest BCUT2D eigenvalue weighted by Gasteiger charge is -2.24. The summed E-state index contributed by atoms with van der Waals surface area (Å²) in [5.41, 5.74) is 0. The van der Waals surface area contributed by atoms with Crippen molar-refractivity contribution in [2.75, 3.05) is 54.1 Å². The van der Waals surface area contributed by atoms with Crippen LogP contribution in [-0.4, -0.2) is 75.6 Å². The van der Waals surface area contributed by atoms with Crippen molar-refractivity contribution in [1.82, 2.24) is 0 Å². The first kappa shape index (κ1) is 56.9. The van der Waals surface area contributed by atoms with Crippen LogP contribution in [0.3, 0.4) is 0 Å². The van der Waals surface area contributed by atoms with Gasteiger partial charge >= 0.3 is 13.8 Å². The summed E-state index contributed by atoms with van der Waals surface area (Å²) < 4.78 is 35.0. The van der Waals surface area contributed by atoms with E-state index in [2.05, 4.69) is 86.8 Å². The van der Waals surface area contributed by atoms with Crippen molar-refractivity contribution < 1.29 is 37.3 Å². The standard InChI is InChI=1S/C50H90NO7P/c1-6-8-10-12-14-16-18-20-22-24-25-26-27-28-29-31-33-35-37-39-41-43-50(52)58-49(48-57-59(53,54)56-46-44-51(3,4)5)47-55-45-42-40-38-36-34-32-30-23-21-19-17-15-13-11-9-7-2/h8,10,14,16,20-23,25-26,28-29,49H,6-7,9,11-13,15,17-19,24,27,30-48H2,1-5H3/p+1/b10-8-,16-14-,22-20-,23-21-,26-25-,29-28-. The van der Waals surface area contributed by atoms with E-state index in [1.807, 2.05) is 21.1 Å². The second kappa shape index (κ2) is 42.6. The molecule has 0 saturated heterocycles. The van der Waals surface area contributed by atoms with Gasteiger partial charge in [0.25, 0.3) is 0 Å². The van der Waals surface area contributed by atoms with E-state index in [1.54, 1.807) is 0 Å². The first-order chi connectivity index (χ1) is 28.6. The number of allylic oxidation sites excluding steroid dienone is 12. The predicted octanol–water partition coefficient (Wildman–Crippen LogP) is 14.3. The van der Waals surface area contributed by atoms with Gasteiger partial charge in [-0.15, -0.1) is 0 Å². The van der Waals surface area contributed by atoms with Gasteiger partial charge in [0.15, 0.2) is 0 Å². The van der Waals surface area contributed by atoms with Gasteiger partial charge in [-0.1, -0.05) is 164 Å². The van der Waals surface area contributed by atoms with Gasteiger partial charge in [0.2, 0.25) is 0 Å². The molecule has 0 fully saturated rings. The number of nitrogens with zero attached hydrogens (tertiary/aromatic N) is 1. The SMILES string of the molecule is CC/C=C\C/C=C\C/C=C\C/C=C\C/C=C\CCCCCCCC(=O)OC(COCCCCCCCC/C=C\CCCCCCCC)COP(=O)(O)OCC[N+](C)(C)C. The van der Waals surface area contributed by atoms with E-state index in [0.29, 0.717) is 24.1 Å². The van der Waals surface area contributed by atoms with E-state index >= 15 is 0 Å². The number of likely N-dealkylation sites (N-methyl/N-ethyl adjacent to an activating group) is 1. The number of phosphoric acid groups is 1. The second-order valence-corrected chi connectivity index (χ2v) is 18.2. The molecule has 342 valence electrons. The maximum absolute atomic E-state index is 12.7. The van der Waals surface area contributed by atoms with Crippen molar-refractivity contribution in [1.29, 1.82) is 0 Å². The van der Waals surface area contributed by atoms with Gasteiger partial charge < -0.3 is 18.9 Å². The van der Waals surface area contributed by atoms with Gasteiger partial charge in [0, 0.05) is 13.0 Å². The second-order valence-electron chi connectivity index (χ2n) is 16.8. The minimum Gasteiger partial charge on any atom is -0.457 e. The van der Waals surface area contributed by atoms with Crippen LogP contribution >= 0.6 is 7.82 Å². The lowest BCUT2D eigenvalue weighted by molar-refractivity contribution is -0.870. The Hall–Kier alpha value is -2.06. The highest BCUT2D eigenvalue weighted by Gasteiger charge is 2.26. The third-order valence-corrected chi connectivity index (χ3v) is 10.7. The van der Waals surface area contributed by atoms with Crippen molar-refractivity contribution in [3.8, 4) is 0 Å². The third kappa shape index (κ3) is 46.9. The van der Waals surface area contributed by atoms with E-state index in [4.69, 9.17) is 18.5 Å². The zero-order valence-electron chi connectivity index (χ0n) is 38.7. The van der Waals surface area contributed by atoms with Gasteiger partial charge in [-0.2, -0.15) is 0 Å². The summed E-state index contributed by atoms with van der Waals surface area (Å²) in [4.78, 5) is 22.9. The first-order valence-electron chi connectivity index (χ1n) is 23.7. The molecule has 0 aliphatic carbocycles. The molecule has 0 aliphatic rings. The molecule has 0 amide bonds. The van der Waals surface area contributed by atoms with Crippen molar-refractivity contribution in [3.05, 3.63) is 72.9 Å². The molecule has 0 heterocycles. The fourth-order valence-electron chi connectivity index (χ4n) is 6.10. The van der Waals surface area contributed by atoms with Crippen molar-refractivity contribution in [2.24, 2.45) is 0 Å². The Labute approximate surface area is 363 Å². The molecule has 1 N–H and O–H groups in total. The fraction of sp³-hybridized carbons (Fsp3) is 0.740. The summed E-state index contributed by atoms with van der Waals surface area (Å²) in [6.45, 7) is 5.46. The molecule has 9 heteroatoms. The number of unbranched alkanes of at least 4 members (excludes halogenated alkanes) is 17. The van der Waals surface area contributed by atoms with E-state index in [1.165, 1.54) is 77.0 Å². The average Bonchev–Trinajstić information content (AvgIpc) is 3.19. The molecule has 59 heavy (non-hydrogen) atoms. The summed E-state index contributed by atoms with van der Waals surface area (Å²) in [5, 5.41) is 0. The number of esters is 1. The molecule has 0 aromatic heterocycles. The van der Waals surface area contributed by atoms with Crippen LogP contribution in [0.4, 0.5) is 0 Å². The van der Waals surface area contributed by atoms with Crippen molar-refractivity contribution >= 4 is 13.8 Å². The highest BCUT2D eigenvalue weighted by molar-refractivity contribution is 7.47. The number of hydrogen-bond acceptors (Lipinski definition) is 6. The lowest BCUT2D eigenvalue weighted by atomic mass is 10.1. The monoisotopic (exact) mass is 849 g/mol. The molecule has 0 aromatic carbocycles. The zero-order valence-corrected chi connectivity index (χ0v) is 39.6. The van der Waals surface area contributed by atoms with E-state index in [-0.39, 0.29) is 25.8 Å². The predicted molar refractivity (Wildman–Crippen MR) is 252 cm³/mol. The van der Waals surface area contributed by atoms with Crippen molar-refractivity contribution in [2.45, 2.75) is 187 Å². The normalized spacial score (nSPS) is 14.3. The lowest BCUT2D eigenvalue weighted by Crippen LogP contribution is -2.37. The zero-order chi connectivity index (χ0) is 43.4. The molecule has 0 bridgehead atoms. The Bertz CT molecular complexity index is 1170. The molecule has 0 aromatic rings. The molecule has 0 spiro atoms. The van der Waals surface area contributed by atoms with E-state index in [0.717, 1.165) is 83.5 Å². The van der Waals surface area contributed by atoms with Gasteiger partial charge in [0.1, 0.15) is 19.3 Å². The molecular formula is C50H91NO7P+. The maximum atomic E-state index is 12.7. The highest BCUT2D eigenvalue weighted by atomic mass is 31.2. The number of quaternary nitrogens is 1. The topological polar surface area (TPSA) is 91.3 Å². The minimum absolute atomic E-state index is 0.0799. The van der Waals surface area contributed by atoms with E-state index in [9.17, 15) is 14.3 Å². The highest BCUT2D eigenvalue weighted by Crippen LogP contribution is 2.43. The van der Waals surface area contributed by atoms with Crippen LogP contribution in [-0.2, 0) is 27.9 Å². The average molecular weight is 849 g/mol. The molecule has 2 atom stereocenters. The van der Waals surface area contributed by atoms with Gasteiger partial charge in [-0.3, -0.25) is 13.8 Å². The summed E-state index contributed by atoms with van der Waals surface area (Å²) in [7, 11) is 1.64. The summed E-state index contributed by atoms with van der Waals surface area (Å²) in [6, 6.07) is 0. The number of ether oxygens (including phenoxy) is 2. The third-order valence-electron chi connectivity index (χ3n) is 9.75. The Balaban J connectivity index is 4.27. The van der Waals surface area contributed by atoms with Crippen LogP contribution < -0.4 is 0 Å². The molecule has 0 aliphatic heterocycles. The smallest absolute Gasteiger partial charge is 0.457 e. The van der Waals surface area contributed by atoms with Crippen molar-refractivity contribution in [3.63, 3.8) is 0 Å². The number of carbonyl (C=O) groups is 1. The Morgan fingerprint density at radius 2 is 0.983 bits per heavy atom. The van der Waals surface area contributed by atoms with Crippen LogP contribution in [0.1, 0.15) is 181 Å². The van der Waals surface area contributed by atoms with Crippen LogP contribution in [0.15, 0.2) is 72.9 Å². The Morgan fingerprint density at radius 1 is 0.542 bits per heavy atom. The number of rotatable bonds is 43. The molecule has 8 nitrogen and oxygen atoms in total. The Morgan fingerprint density at radius 3 is 1.49 bits per heavy atom. The summed E-state index contributed by atoms with van der Waals surface area (Å²) >= 11 is 0. The fourth-order valence-corrected chi connectivity index (χ4v) is 6.84. The maximum Gasteiger partial charge on any atom is 0.472 e. The number of phosphoric ester groups is 1. The first-order valence-corrected chi connectivity index (χ1v) is 25.2. The number of hydrogen-bond donors (Lipinski definition) is 1. The van der Waals surface area contributed by atoms with Crippen LogP contribution in [0.5, 0.6) is 0 Å². The van der Waals surface area contributed by atoms with Crippen LogP contribution in [0, 0.1) is 0 Å². The molecule has 0 saturated carbocycles. The van der Waals surface area contributed by atoms with Gasteiger partial charge in [0.05, 0.1) is 34.4 Å². The molecule has 0 radical (unpaired) electrons. The largest absolute Gasteiger partial charge is 0.472 e. The molecule has 2 unspecified atom stereocenters. The van der Waals surface area contributed by atoms with Gasteiger partial charge in [-0.25, -0.2) is 4.57 Å². The summed E-state index contributed by atoms with van der Waals surface area (Å²) in [6.07, 6.45) is 55.1.